The van der Waals surface area contributed by atoms with Crippen molar-refractivity contribution in [2.45, 2.75) is 16.6 Å². The number of rotatable bonds is 3. The number of hydrogen-bond acceptors (Lipinski definition) is 2. The van der Waals surface area contributed by atoms with Gasteiger partial charge < -0.3 is 5.11 Å². The third-order valence-corrected chi connectivity index (χ3v) is 3.45. The fraction of sp³-hybridized carbons (Fsp3) is 0.300. The fourth-order valence-electron chi connectivity index (χ4n) is 1.24. The molecule has 0 radical (unpaired) electrons. The minimum Gasteiger partial charge on any atom is -0.481 e. The van der Waals surface area contributed by atoms with Crippen LogP contribution in [0.5, 0.6) is 0 Å². The molecule has 0 aliphatic heterocycles. The number of hydrogen-bond donors (Lipinski definition) is 1. The van der Waals surface area contributed by atoms with E-state index in [4.69, 9.17) is 5.11 Å². The molecule has 1 aromatic carbocycles. The first-order valence-electron chi connectivity index (χ1n) is 4.22. The molecule has 0 unspecified atom stereocenters. The second-order valence-corrected chi connectivity index (χ2v) is 4.46. The summed E-state index contributed by atoms with van der Waals surface area (Å²) in [7, 11) is 0. The molecule has 2 atom stereocenters. The highest BCUT2D eigenvalue weighted by Gasteiger charge is 2.43. The van der Waals surface area contributed by atoms with Gasteiger partial charge in [-0.1, -0.05) is 18.2 Å². The van der Waals surface area contributed by atoms with E-state index < -0.39 is 5.97 Å². The smallest absolute Gasteiger partial charge is 0.307 e. The van der Waals surface area contributed by atoms with Gasteiger partial charge in [-0.05, 0) is 18.6 Å². The minimum absolute atomic E-state index is 0.120. The number of aliphatic carboxylic acids is 1. The molecule has 0 spiro atoms. The topological polar surface area (TPSA) is 37.3 Å². The molecule has 2 rings (SSSR count). The molecule has 0 amide bonds. The molecule has 68 valence electrons. The molecule has 1 N–H and O–H groups in total. The first-order valence-corrected chi connectivity index (χ1v) is 5.10. The molecule has 2 nitrogen and oxygen atoms in total. The van der Waals surface area contributed by atoms with Crippen LogP contribution in [-0.2, 0) is 4.79 Å². The van der Waals surface area contributed by atoms with Crippen LogP contribution in [0.3, 0.4) is 0 Å². The standard InChI is InChI=1S/C10H10O2S/c11-10(12)8-6-9(8)13-7-4-2-1-3-5-7/h1-5,8-9H,6H2,(H,11,12)/t8-,9+/m0/s1. The van der Waals surface area contributed by atoms with Gasteiger partial charge in [0.2, 0.25) is 0 Å². The third kappa shape index (κ3) is 2.04. The van der Waals surface area contributed by atoms with Gasteiger partial charge >= 0.3 is 5.97 Å². The average Bonchev–Trinajstić information content (AvgIpc) is 2.86. The van der Waals surface area contributed by atoms with E-state index in [1.807, 2.05) is 30.3 Å². The van der Waals surface area contributed by atoms with Crippen LogP contribution < -0.4 is 0 Å². The Morgan fingerprint density at radius 2 is 2.08 bits per heavy atom. The monoisotopic (exact) mass is 194 g/mol. The molecular weight excluding hydrogens is 184 g/mol. The summed E-state index contributed by atoms with van der Waals surface area (Å²) >= 11 is 1.67. The predicted molar refractivity (Wildman–Crippen MR) is 51.8 cm³/mol. The summed E-state index contributed by atoms with van der Waals surface area (Å²) in [5.74, 6) is -0.779. The zero-order chi connectivity index (χ0) is 9.26. The summed E-state index contributed by atoms with van der Waals surface area (Å²) < 4.78 is 0. The van der Waals surface area contributed by atoms with E-state index in [1.54, 1.807) is 11.8 Å². The van der Waals surface area contributed by atoms with Gasteiger partial charge in [-0.3, -0.25) is 4.79 Å². The lowest BCUT2D eigenvalue weighted by molar-refractivity contribution is -0.138. The number of carboxylic acid groups (broad SMARTS) is 1. The van der Waals surface area contributed by atoms with Crippen LogP contribution in [0.2, 0.25) is 0 Å². The van der Waals surface area contributed by atoms with E-state index in [1.165, 1.54) is 0 Å². The number of carboxylic acids is 1. The van der Waals surface area contributed by atoms with Crippen molar-refractivity contribution in [2.24, 2.45) is 5.92 Å². The quantitative estimate of drug-likeness (QED) is 0.801. The minimum atomic E-state index is -0.659. The Labute approximate surface area is 81.0 Å². The van der Waals surface area contributed by atoms with Crippen LogP contribution >= 0.6 is 11.8 Å². The maximum atomic E-state index is 10.5. The van der Waals surface area contributed by atoms with Gasteiger partial charge in [0.25, 0.3) is 0 Å². The molecule has 1 aromatic rings. The van der Waals surface area contributed by atoms with Crippen LogP contribution in [0.4, 0.5) is 0 Å². The van der Waals surface area contributed by atoms with Crippen molar-refractivity contribution >= 4 is 17.7 Å². The van der Waals surface area contributed by atoms with E-state index in [-0.39, 0.29) is 5.92 Å². The average molecular weight is 194 g/mol. The molecule has 0 heterocycles. The van der Waals surface area contributed by atoms with E-state index in [9.17, 15) is 4.79 Å². The number of carbonyl (C=O) groups is 1. The van der Waals surface area contributed by atoms with Crippen molar-refractivity contribution < 1.29 is 9.90 Å². The van der Waals surface area contributed by atoms with Gasteiger partial charge in [0.15, 0.2) is 0 Å². The van der Waals surface area contributed by atoms with E-state index >= 15 is 0 Å². The highest BCUT2D eigenvalue weighted by molar-refractivity contribution is 8.00. The Kier molecular flexibility index (Phi) is 2.27. The van der Waals surface area contributed by atoms with Crippen molar-refractivity contribution in [3.63, 3.8) is 0 Å². The summed E-state index contributed by atoms with van der Waals surface area (Å²) in [5, 5.41) is 8.98. The summed E-state index contributed by atoms with van der Waals surface area (Å²) in [4.78, 5) is 11.7. The summed E-state index contributed by atoms with van der Waals surface area (Å²) in [6, 6.07) is 9.94. The van der Waals surface area contributed by atoms with Crippen LogP contribution in [0.25, 0.3) is 0 Å². The molecule has 1 aliphatic carbocycles. The Hall–Kier alpha value is -0.960. The Morgan fingerprint density at radius 1 is 1.38 bits per heavy atom. The Morgan fingerprint density at radius 3 is 2.62 bits per heavy atom. The summed E-state index contributed by atoms with van der Waals surface area (Å²) in [6.45, 7) is 0. The number of benzene rings is 1. The maximum absolute atomic E-state index is 10.5. The van der Waals surface area contributed by atoms with Gasteiger partial charge in [-0.15, -0.1) is 11.8 Å². The van der Waals surface area contributed by atoms with Crippen LogP contribution in [0, 0.1) is 5.92 Å². The van der Waals surface area contributed by atoms with Gasteiger partial charge in [0, 0.05) is 10.1 Å². The lowest BCUT2D eigenvalue weighted by Crippen LogP contribution is -1.99. The molecule has 1 aliphatic rings. The molecular formula is C10H10O2S. The van der Waals surface area contributed by atoms with Gasteiger partial charge in [0.05, 0.1) is 5.92 Å². The SMILES string of the molecule is O=C(O)[C@H]1C[C@H]1Sc1ccccc1. The molecule has 13 heavy (non-hydrogen) atoms. The van der Waals surface area contributed by atoms with Crippen molar-refractivity contribution in [1.82, 2.24) is 0 Å². The van der Waals surface area contributed by atoms with E-state index in [0.717, 1.165) is 11.3 Å². The highest BCUT2D eigenvalue weighted by atomic mass is 32.2. The van der Waals surface area contributed by atoms with Crippen LogP contribution in [0.1, 0.15) is 6.42 Å². The zero-order valence-electron chi connectivity index (χ0n) is 7.01. The van der Waals surface area contributed by atoms with Gasteiger partial charge in [0.1, 0.15) is 0 Å². The van der Waals surface area contributed by atoms with Crippen molar-refractivity contribution in [2.75, 3.05) is 0 Å². The predicted octanol–water partition coefficient (Wildman–Crippen LogP) is 2.25. The molecule has 3 heteroatoms. The van der Waals surface area contributed by atoms with Gasteiger partial charge in [-0.25, -0.2) is 0 Å². The van der Waals surface area contributed by atoms with Crippen LogP contribution in [-0.4, -0.2) is 16.3 Å². The Bertz CT molecular complexity index is 310. The molecule has 1 fully saturated rings. The van der Waals surface area contributed by atoms with Gasteiger partial charge in [-0.2, -0.15) is 0 Å². The second-order valence-electron chi connectivity index (χ2n) is 3.15. The molecule has 1 saturated carbocycles. The fourth-order valence-corrected chi connectivity index (χ4v) is 2.48. The third-order valence-electron chi connectivity index (χ3n) is 2.08. The first-order chi connectivity index (χ1) is 6.27. The van der Waals surface area contributed by atoms with Crippen molar-refractivity contribution in [3.05, 3.63) is 30.3 Å². The maximum Gasteiger partial charge on any atom is 0.307 e. The molecule has 0 aromatic heterocycles. The largest absolute Gasteiger partial charge is 0.481 e. The van der Waals surface area contributed by atoms with E-state index in [0.29, 0.717) is 5.25 Å². The normalized spacial score (nSPS) is 25.5. The van der Waals surface area contributed by atoms with Crippen LogP contribution in [0.15, 0.2) is 35.2 Å². The molecule has 0 saturated heterocycles. The van der Waals surface area contributed by atoms with E-state index in [2.05, 4.69) is 0 Å². The second kappa shape index (κ2) is 3.42. The highest BCUT2D eigenvalue weighted by Crippen LogP contribution is 2.45. The molecule has 0 bridgehead atoms. The van der Waals surface area contributed by atoms with Crippen molar-refractivity contribution in [3.8, 4) is 0 Å². The zero-order valence-corrected chi connectivity index (χ0v) is 7.83. The summed E-state index contributed by atoms with van der Waals surface area (Å²) in [5.41, 5.74) is 0. The summed E-state index contributed by atoms with van der Waals surface area (Å²) in [6.07, 6.45) is 0.814. The first kappa shape index (κ1) is 8.63. The van der Waals surface area contributed by atoms with Crippen molar-refractivity contribution in [1.29, 1.82) is 0 Å². The Balaban J connectivity index is 1.92. The number of thioether (sulfide) groups is 1. The lowest BCUT2D eigenvalue weighted by atomic mass is 10.4. The lowest BCUT2D eigenvalue weighted by Gasteiger charge is -1.97.